The van der Waals surface area contributed by atoms with Gasteiger partial charge in [-0.25, -0.2) is 0 Å². The number of piperidine rings is 1. The smallest absolute Gasteiger partial charge is 0.270 e. The first-order chi connectivity index (χ1) is 10.2. The molecule has 1 aliphatic heterocycles. The van der Waals surface area contributed by atoms with Gasteiger partial charge in [0.05, 0.1) is 12.0 Å². The molecule has 21 heavy (non-hydrogen) atoms. The molecule has 114 valence electrons. The molecular weight excluding hydrogens is 264 g/mol. The second-order valence-electron chi connectivity index (χ2n) is 5.66. The summed E-state index contributed by atoms with van der Waals surface area (Å²) in [6.45, 7) is 6.92. The van der Waals surface area contributed by atoms with Crippen LogP contribution in [-0.4, -0.2) is 41.6 Å². The van der Waals surface area contributed by atoms with Crippen molar-refractivity contribution in [3.05, 3.63) is 24.0 Å². The largest absolute Gasteiger partial charge is 0.340 e. The zero-order chi connectivity index (χ0) is 15.2. The molecule has 2 rings (SSSR count). The molecule has 5 heteroatoms. The lowest BCUT2D eigenvalue weighted by atomic mass is 10.1. The molecule has 0 radical (unpaired) electrons. The topological polar surface area (TPSA) is 61.1 Å². The van der Waals surface area contributed by atoms with E-state index in [1.54, 1.807) is 4.90 Å². The summed E-state index contributed by atoms with van der Waals surface area (Å²) in [5.41, 5.74) is 0.744. The number of nitriles is 1. The highest BCUT2D eigenvalue weighted by atomic mass is 16.2. The molecule has 0 aliphatic carbocycles. The lowest BCUT2D eigenvalue weighted by molar-refractivity contribution is 0.0738. The Bertz CT molecular complexity index is 511. The van der Waals surface area contributed by atoms with Crippen molar-refractivity contribution in [2.75, 3.05) is 26.2 Å². The minimum atomic E-state index is -0.142. The Morgan fingerprint density at radius 3 is 2.90 bits per heavy atom. The highest BCUT2D eigenvalue weighted by molar-refractivity contribution is 5.92. The molecule has 1 fully saturated rings. The summed E-state index contributed by atoms with van der Waals surface area (Å²) in [6, 6.07) is 6.43. The number of carbonyl (C=O) groups excluding carboxylic acids is 1. The quantitative estimate of drug-likeness (QED) is 0.902. The first-order valence-electron chi connectivity index (χ1n) is 7.73. The molecular formula is C16H24N4O. The summed E-state index contributed by atoms with van der Waals surface area (Å²) in [6.07, 6.45) is 4.11. The third-order valence-corrected chi connectivity index (χ3v) is 4.08. The number of hydrogen-bond donors (Lipinski definition) is 1. The lowest BCUT2D eigenvalue weighted by Crippen LogP contribution is -2.37. The minimum absolute atomic E-state index is 0.0307. The van der Waals surface area contributed by atoms with Gasteiger partial charge >= 0.3 is 0 Å². The molecule has 0 bridgehead atoms. The van der Waals surface area contributed by atoms with Crippen molar-refractivity contribution >= 4 is 5.91 Å². The summed E-state index contributed by atoms with van der Waals surface area (Å²) >= 11 is 0. The van der Waals surface area contributed by atoms with Gasteiger partial charge in [0.15, 0.2) is 0 Å². The van der Waals surface area contributed by atoms with Gasteiger partial charge in [-0.1, -0.05) is 0 Å². The Morgan fingerprint density at radius 1 is 1.57 bits per heavy atom. The number of rotatable bonds is 5. The first kappa shape index (κ1) is 15.6. The summed E-state index contributed by atoms with van der Waals surface area (Å²) < 4.78 is 2.11. The predicted molar refractivity (Wildman–Crippen MR) is 81.9 cm³/mol. The van der Waals surface area contributed by atoms with E-state index in [1.165, 1.54) is 0 Å². The number of hydrogen-bond acceptors (Lipinski definition) is 3. The lowest BCUT2D eigenvalue weighted by Gasteiger charge is -2.28. The van der Waals surface area contributed by atoms with E-state index in [1.807, 2.05) is 32.2 Å². The fourth-order valence-corrected chi connectivity index (χ4v) is 2.87. The SMILES string of the molecule is CCN(CC(C)C#N)C(=O)c1cccn1C1CCNCC1. The van der Waals surface area contributed by atoms with Gasteiger partial charge in [-0.15, -0.1) is 0 Å². The van der Waals surface area contributed by atoms with Crippen LogP contribution in [0.1, 0.15) is 43.2 Å². The van der Waals surface area contributed by atoms with E-state index in [0.29, 0.717) is 19.1 Å². The Morgan fingerprint density at radius 2 is 2.29 bits per heavy atom. The summed E-state index contributed by atoms with van der Waals surface area (Å²) in [5.74, 6) is -0.112. The highest BCUT2D eigenvalue weighted by Gasteiger charge is 2.23. The molecule has 1 unspecified atom stereocenters. The Labute approximate surface area is 126 Å². The van der Waals surface area contributed by atoms with Crippen molar-refractivity contribution in [1.82, 2.24) is 14.8 Å². The predicted octanol–water partition coefficient (Wildman–Crippen LogP) is 2.03. The van der Waals surface area contributed by atoms with Gasteiger partial charge in [-0.3, -0.25) is 4.79 Å². The third-order valence-electron chi connectivity index (χ3n) is 4.08. The van der Waals surface area contributed by atoms with E-state index in [4.69, 9.17) is 5.26 Å². The normalized spacial score (nSPS) is 17.2. The molecule has 1 N–H and O–H groups in total. The van der Waals surface area contributed by atoms with Gasteiger partial charge in [0.2, 0.25) is 0 Å². The van der Waals surface area contributed by atoms with Crippen LogP contribution in [0, 0.1) is 17.2 Å². The van der Waals surface area contributed by atoms with Crippen molar-refractivity contribution in [2.24, 2.45) is 5.92 Å². The monoisotopic (exact) mass is 288 g/mol. The number of carbonyl (C=O) groups is 1. The summed E-state index contributed by atoms with van der Waals surface area (Å²) in [7, 11) is 0. The van der Waals surface area contributed by atoms with E-state index < -0.39 is 0 Å². The zero-order valence-corrected chi connectivity index (χ0v) is 12.9. The maximum absolute atomic E-state index is 12.7. The molecule has 1 saturated heterocycles. The average molecular weight is 288 g/mol. The van der Waals surface area contributed by atoms with Crippen molar-refractivity contribution < 1.29 is 4.79 Å². The Balaban J connectivity index is 2.15. The second-order valence-corrected chi connectivity index (χ2v) is 5.66. The molecule has 1 aromatic heterocycles. The minimum Gasteiger partial charge on any atom is -0.340 e. The average Bonchev–Trinajstić information content (AvgIpc) is 3.02. The summed E-state index contributed by atoms with van der Waals surface area (Å²) in [4.78, 5) is 14.5. The van der Waals surface area contributed by atoms with E-state index >= 15 is 0 Å². The molecule has 2 heterocycles. The maximum atomic E-state index is 12.7. The molecule has 0 aromatic carbocycles. The second kappa shape index (κ2) is 7.28. The number of nitrogens with zero attached hydrogens (tertiary/aromatic N) is 3. The van der Waals surface area contributed by atoms with Crippen LogP contribution in [0.3, 0.4) is 0 Å². The van der Waals surface area contributed by atoms with Crippen molar-refractivity contribution in [2.45, 2.75) is 32.7 Å². The Kier molecular flexibility index (Phi) is 5.40. The molecule has 0 saturated carbocycles. The van der Waals surface area contributed by atoms with Crippen molar-refractivity contribution in [3.63, 3.8) is 0 Å². The zero-order valence-electron chi connectivity index (χ0n) is 12.9. The van der Waals surface area contributed by atoms with Crippen LogP contribution in [0.4, 0.5) is 0 Å². The molecule has 1 aromatic rings. The number of amides is 1. The van der Waals surface area contributed by atoms with Gasteiger partial charge in [0.25, 0.3) is 5.91 Å². The number of nitrogens with one attached hydrogen (secondary N) is 1. The van der Waals surface area contributed by atoms with Crippen LogP contribution in [0.15, 0.2) is 18.3 Å². The Hall–Kier alpha value is -1.80. The van der Waals surface area contributed by atoms with Crippen LogP contribution >= 0.6 is 0 Å². The van der Waals surface area contributed by atoms with Crippen molar-refractivity contribution in [3.8, 4) is 6.07 Å². The first-order valence-corrected chi connectivity index (χ1v) is 7.73. The van der Waals surface area contributed by atoms with Crippen LogP contribution in [0.25, 0.3) is 0 Å². The van der Waals surface area contributed by atoms with E-state index in [-0.39, 0.29) is 11.8 Å². The van der Waals surface area contributed by atoms with E-state index in [0.717, 1.165) is 31.6 Å². The van der Waals surface area contributed by atoms with E-state index in [9.17, 15) is 4.79 Å². The molecule has 1 atom stereocenters. The van der Waals surface area contributed by atoms with Crippen LogP contribution < -0.4 is 5.32 Å². The van der Waals surface area contributed by atoms with E-state index in [2.05, 4.69) is 16.0 Å². The third kappa shape index (κ3) is 3.64. The molecule has 1 amide bonds. The van der Waals surface area contributed by atoms with Crippen LogP contribution in [-0.2, 0) is 0 Å². The van der Waals surface area contributed by atoms with Crippen molar-refractivity contribution in [1.29, 1.82) is 5.26 Å². The standard InChI is InChI=1S/C16H24N4O/c1-3-19(12-13(2)11-17)16(21)15-5-4-10-20(15)14-6-8-18-9-7-14/h4-5,10,13-14,18H,3,6-9,12H2,1-2H3. The van der Waals surface area contributed by atoms with Gasteiger partial charge in [-0.05, 0) is 51.9 Å². The van der Waals surface area contributed by atoms with Gasteiger partial charge < -0.3 is 14.8 Å². The summed E-state index contributed by atoms with van der Waals surface area (Å²) in [5, 5.41) is 12.3. The van der Waals surface area contributed by atoms with Gasteiger partial charge in [-0.2, -0.15) is 5.26 Å². The van der Waals surface area contributed by atoms with Gasteiger partial charge in [0.1, 0.15) is 5.69 Å². The molecule has 5 nitrogen and oxygen atoms in total. The molecule has 1 aliphatic rings. The van der Waals surface area contributed by atoms with Crippen LogP contribution in [0.5, 0.6) is 0 Å². The number of aromatic nitrogens is 1. The fraction of sp³-hybridized carbons (Fsp3) is 0.625. The highest BCUT2D eigenvalue weighted by Crippen LogP contribution is 2.22. The fourth-order valence-electron chi connectivity index (χ4n) is 2.87. The van der Waals surface area contributed by atoms with Crippen LogP contribution in [0.2, 0.25) is 0 Å². The maximum Gasteiger partial charge on any atom is 0.270 e. The molecule has 0 spiro atoms. The van der Waals surface area contributed by atoms with Gasteiger partial charge in [0, 0.05) is 25.3 Å².